The van der Waals surface area contributed by atoms with Crippen LogP contribution in [0, 0.1) is 6.92 Å². The average Bonchev–Trinajstić information content (AvgIpc) is 3.18. The van der Waals surface area contributed by atoms with Gasteiger partial charge in [-0.3, -0.25) is 14.2 Å². The van der Waals surface area contributed by atoms with E-state index in [0.717, 1.165) is 16.7 Å². The number of benzene rings is 1. The van der Waals surface area contributed by atoms with Crippen LogP contribution in [0.25, 0.3) is 5.69 Å². The number of carbonyl (C=O) groups excluding carboxylic acids is 1. The first kappa shape index (κ1) is 20.4. The lowest BCUT2D eigenvalue weighted by molar-refractivity contribution is -0.137. The van der Waals surface area contributed by atoms with Crippen molar-refractivity contribution in [1.29, 1.82) is 0 Å². The van der Waals surface area contributed by atoms with Crippen LogP contribution in [0.15, 0.2) is 59.9 Å². The Balaban J connectivity index is 1.80. The second kappa shape index (κ2) is 8.34. The van der Waals surface area contributed by atoms with Crippen molar-refractivity contribution in [3.8, 4) is 5.69 Å². The third-order valence-corrected chi connectivity index (χ3v) is 4.39. The number of halogens is 3. The normalized spacial score (nSPS) is 11.4. The van der Waals surface area contributed by atoms with Crippen LogP contribution >= 0.6 is 0 Å². The van der Waals surface area contributed by atoms with Gasteiger partial charge in [-0.05, 0) is 43.7 Å². The molecule has 29 heavy (non-hydrogen) atoms. The lowest BCUT2D eigenvalue weighted by atomic mass is 10.1. The van der Waals surface area contributed by atoms with Crippen LogP contribution in [0.4, 0.5) is 13.2 Å². The first-order valence-electron chi connectivity index (χ1n) is 8.91. The number of rotatable bonds is 6. The molecule has 0 fully saturated rings. The van der Waals surface area contributed by atoms with Gasteiger partial charge < -0.3 is 9.88 Å². The van der Waals surface area contributed by atoms with Gasteiger partial charge in [0.25, 0.3) is 11.5 Å². The molecule has 0 aliphatic carbocycles. The third-order valence-electron chi connectivity index (χ3n) is 4.39. The van der Waals surface area contributed by atoms with Crippen LogP contribution in [0.3, 0.4) is 0 Å². The number of hydrogen-bond donors (Lipinski definition) is 1. The molecule has 0 radical (unpaired) electrons. The van der Waals surface area contributed by atoms with Crippen LogP contribution in [-0.4, -0.2) is 26.6 Å². The van der Waals surface area contributed by atoms with Crippen LogP contribution < -0.4 is 10.9 Å². The van der Waals surface area contributed by atoms with Gasteiger partial charge in [0.2, 0.25) is 0 Å². The minimum absolute atomic E-state index is 0.0529. The topological polar surface area (TPSA) is 68.9 Å². The molecule has 1 N–H and O–H groups in total. The summed E-state index contributed by atoms with van der Waals surface area (Å²) in [4.78, 5) is 29.2. The smallest absolute Gasteiger partial charge is 0.352 e. The molecule has 0 aliphatic rings. The van der Waals surface area contributed by atoms with E-state index >= 15 is 0 Å². The molecule has 152 valence electrons. The highest BCUT2D eigenvalue weighted by Crippen LogP contribution is 2.30. The summed E-state index contributed by atoms with van der Waals surface area (Å²) in [5.74, 6) is -0.568. The summed E-state index contributed by atoms with van der Waals surface area (Å²) < 4.78 is 42.0. The maximum Gasteiger partial charge on any atom is 0.416 e. The van der Waals surface area contributed by atoms with Crippen molar-refractivity contribution in [3.63, 3.8) is 0 Å². The van der Waals surface area contributed by atoms with Crippen LogP contribution in [0.2, 0.25) is 0 Å². The summed E-state index contributed by atoms with van der Waals surface area (Å²) in [7, 11) is 0. The highest BCUT2D eigenvalue weighted by Gasteiger charge is 2.30. The Kier molecular flexibility index (Phi) is 5.86. The predicted octanol–water partition coefficient (Wildman–Crippen LogP) is 3.18. The minimum atomic E-state index is -4.53. The fourth-order valence-electron chi connectivity index (χ4n) is 2.92. The van der Waals surface area contributed by atoms with Gasteiger partial charge >= 0.3 is 6.18 Å². The fraction of sp³-hybridized carbons (Fsp3) is 0.250. The number of aromatic nitrogens is 3. The van der Waals surface area contributed by atoms with Crippen molar-refractivity contribution in [2.75, 3.05) is 6.54 Å². The Morgan fingerprint density at radius 2 is 2.00 bits per heavy atom. The molecule has 0 aliphatic heterocycles. The highest BCUT2D eigenvalue weighted by atomic mass is 19.4. The zero-order valence-electron chi connectivity index (χ0n) is 15.6. The van der Waals surface area contributed by atoms with E-state index in [9.17, 15) is 22.8 Å². The van der Waals surface area contributed by atoms with Gasteiger partial charge in [0.05, 0.1) is 11.9 Å². The second-order valence-corrected chi connectivity index (χ2v) is 6.49. The van der Waals surface area contributed by atoms with E-state index < -0.39 is 23.2 Å². The lowest BCUT2D eigenvalue weighted by Gasteiger charge is -2.14. The fourth-order valence-corrected chi connectivity index (χ4v) is 2.92. The number of pyridine rings is 1. The molecule has 0 saturated carbocycles. The summed E-state index contributed by atoms with van der Waals surface area (Å²) in [6.45, 7) is 2.59. The number of nitrogens with one attached hydrogen (secondary N) is 1. The average molecular weight is 404 g/mol. The summed E-state index contributed by atoms with van der Waals surface area (Å²) in [6.07, 6.45) is 1.22. The molecule has 2 aromatic heterocycles. The molecule has 0 spiro atoms. The number of carbonyl (C=O) groups is 1. The third kappa shape index (κ3) is 4.74. The molecular weight excluding hydrogens is 385 g/mol. The van der Waals surface area contributed by atoms with Crippen molar-refractivity contribution in [2.24, 2.45) is 0 Å². The molecule has 1 amide bonds. The standard InChI is InChI=1S/C20H19F3N4O2/c1-14-6-7-17(18(28)25-8-3-10-26-11-9-24-13-26)19(29)27(14)16-5-2-4-15(12-16)20(21,22)23/h2,4-7,9,11-13H,3,8,10H2,1H3,(H,25,28). The van der Waals surface area contributed by atoms with Crippen molar-refractivity contribution >= 4 is 5.91 Å². The Labute approximate surface area is 164 Å². The number of aryl methyl sites for hydroxylation is 2. The van der Waals surface area contributed by atoms with E-state index in [1.54, 1.807) is 25.6 Å². The predicted molar refractivity (Wildman–Crippen MR) is 101 cm³/mol. The van der Waals surface area contributed by atoms with Crippen molar-refractivity contribution in [1.82, 2.24) is 19.4 Å². The maximum absolute atomic E-state index is 13.0. The van der Waals surface area contributed by atoms with Crippen LogP contribution in [-0.2, 0) is 12.7 Å². The van der Waals surface area contributed by atoms with Gasteiger partial charge in [-0.15, -0.1) is 0 Å². The van der Waals surface area contributed by atoms with Crippen molar-refractivity contribution in [2.45, 2.75) is 26.1 Å². The monoisotopic (exact) mass is 404 g/mol. The quantitative estimate of drug-likeness (QED) is 0.642. The molecule has 6 nitrogen and oxygen atoms in total. The van der Waals surface area contributed by atoms with Gasteiger partial charge in [0.15, 0.2) is 0 Å². The molecule has 0 unspecified atom stereocenters. The van der Waals surface area contributed by atoms with E-state index in [4.69, 9.17) is 0 Å². The minimum Gasteiger partial charge on any atom is -0.352 e. The van der Waals surface area contributed by atoms with Gasteiger partial charge in [0, 0.05) is 36.9 Å². The zero-order valence-corrected chi connectivity index (χ0v) is 15.6. The second-order valence-electron chi connectivity index (χ2n) is 6.49. The lowest BCUT2D eigenvalue weighted by Crippen LogP contribution is -2.34. The van der Waals surface area contributed by atoms with Crippen molar-refractivity contribution < 1.29 is 18.0 Å². The number of alkyl halides is 3. The first-order chi connectivity index (χ1) is 13.8. The van der Waals surface area contributed by atoms with Gasteiger partial charge in [-0.2, -0.15) is 13.2 Å². The summed E-state index contributed by atoms with van der Waals surface area (Å²) in [6, 6.07) is 7.36. The van der Waals surface area contributed by atoms with Gasteiger partial charge in [0.1, 0.15) is 5.56 Å². The molecule has 3 rings (SSSR count). The highest BCUT2D eigenvalue weighted by molar-refractivity contribution is 5.93. The van der Waals surface area contributed by atoms with Crippen molar-refractivity contribution in [3.05, 3.63) is 82.3 Å². The van der Waals surface area contributed by atoms with Gasteiger partial charge in [-0.1, -0.05) is 6.07 Å². The number of hydrogen-bond acceptors (Lipinski definition) is 3. The summed E-state index contributed by atoms with van der Waals surface area (Å²) in [5.41, 5.74) is -1.19. The summed E-state index contributed by atoms with van der Waals surface area (Å²) >= 11 is 0. The molecular formula is C20H19F3N4O2. The molecule has 3 aromatic rings. The SMILES string of the molecule is Cc1ccc(C(=O)NCCCn2ccnc2)c(=O)n1-c1cccc(C(F)(F)F)c1. The molecule has 0 bridgehead atoms. The van der Waals surface area contributed by atoms with E-state index in [-0.39, 0.29) is 11.3 Å². The Morgan fingerprint density at radius 3 is 2.69 bits per heavy atom. The molecule has 9 heteroatoms. The van der Waals surface area contributed by atoms with E-state index in [2.05, 4.69) is 10.3 Å². The first-order valence-corrected chi connectivity index (χ1v) is 8.91. The molecule has 2 heterocycles. The van der Waals surface area contributed by atoms with E-state index in [0.29, 0.717) is 25.2 Å². The number of nitrogens with zero attached hydrogens (tertiary/aromatic N) is 3. The Morgan fingerprint density at radius 1 is 1.21 bits per heavy atom. The Bertz CT molecular complexity index is 1060. The molecule has 1 aromatic carbocycles. The maximum atomic E-state index is 13.0. The molecule has 0 saturated heterocycles. The zero-order chi connectivity index (χ0) is 21.0. The summed E-state index contributed by atoms with van der Waals surface area (Å²) in [5, 5.41) is 2.67. The number of imidazole rings is 1. The Hall–Kier alpha value is -3.36. The molecule has 0 atom stereocenters. The van der Waals surface area contributed by atoms with Crippen LogP contribution in [0.1, 0.15) is 28.0 Å². The van der Waals surface area contributed by atoms with Gasteiger partial charge in [-0.25, -0.2) is 4.98 Å². The van der Waals surface area contributed by atoms with Crippen LogP contribution in [0.5, 0.6) is 0 Å². The largest absolute Gasteiger partial charge is 0.416 e. The van der Waals surface area contributed by atoms with E-state index in [1.807, 2.05) is 4.57 Å². The number of amides is 1. The van der Waals surface area contributed by atoms with E-state index in [1.165, 1.54) is 24.3 Å².